The molecular weight excluding hydrogens is 382 g/mol. The van der Waals surface area contributed by atoms with Gasteiger partial charge in [-0.1, -0.05) is 6.92 Å². The maximum Gasteiger partial charge on any atom is 0.306 e. The quantitative estimate of drug-likeness (QED) is 0.292. The fourth-order valence-corrected chi connectivity index (χ4v) is 2.31. The third-order valence-corrected chi connectivity index (χ3v) is 3.70. The molecule has 0 saturated carbocycles. The molecule has 0 aliphatic carbocycles. The molecule has 0 atom stereocenters. The molecule has 1 rings (SSSR count). The van der Waals surface area contributed by atoms with Gasteiger partial charge in [-0.15, -0.1) is 0 Å². The summed E-state index contributed by atoms with van der Waals surface area (Å²) in [5, 5.41) is 8.27. The van der Waals surface area contributed by atoms with Crippen molar-refractivity contribution >= 4 is 40.8 Å². The zero-order chi connectivity index (χ0) is 20.8. The van der Waals surface area contributed by atoms with Crippen molar-refractivity contribution in [3.05, 3.63) is 29.8 Å². The van der Waals surface area contributed by atoms with Gasteiger partial charge >= 0.3 is 5.97 Å². The van der Waals surface area contributed by atoms with Crippen molar-refractivity contribution in [3.8, 4) is 0 Å². The lowest BCUT2D eigenvalue weighted by Gasteiger charge is -2.10. The minimum atomic E-state index is -0.410. The average Bonchev–Trinajstić information content (AvgIpc) is 2.68. The topological polar surface area (TPSA) is 106 Å². The van der Waals surface area contributed by atoms with Crippen LogP contribution in [0.4, 0.5) is 5.69 Å². The van der Waals surface area contributed by atoms with Gasteiger partial charge in [0.05, 0.1) is 13.0 Å². The van der Waals surface area contributed by atoms with Crippen LogP contribution in [0.5, 0.6) is 0 Å². The van der Waals surface area contributed by atoms with Gasteiger partial charge in [0.1, 0.15) is 0 Å². The van der Waals surface area contributed by atoms with Gasteiger partial charge in [-0.05, 0) is 49.3 Å². The van der Waals surface area contributed by atoms with Gasteiger partial charge in [-0.3, -0.25) is 14.4 Å². The van der Waals surface area contributed by atoms with E-state index in [0.29, 0.717) is 31.0 Å². The molecule has 0 aliphatic rings. The summed E-state index contributed by atoms with van der Waals surface area (Å²) in [6.07, 6.45) is 1.47. The van der Waals surface area contributed by atoms with Crippen LogP contribution in [0, 0.1) is 0 Å². The number of rotatable bonds is 11. The number of hydrogen-bond acceptors (Lipinski definition) is 6. The van der Waals surface area contributed by atoms with E-state index in [0.717, 1.165) is 12.8 Å². The molecule has 0 saturated heterocycles. The molecule has 28 heavy (non-hydrogen) atoms. The molecule has 1 aromatic carbocycles. The molecule has 154 valence electrons. The van der Waals surface area contributed by atoms with E-state index < -0.39 is 5.97 Å². The molecule has 2 amide bonds. The van der Waals surface area contributed by atoms with Crippen LogP contribution in [0.15, 0.2) is 24.3 Å². The smallest absolute Gasteiger partial charge is 0.306 e. The Bertz CT molecular complexity index is 664. The van der Waals surface area contributed by atoms with E-state index in [-0.39, 0.29) is 29.8 Å². The summed E-state index contributed by atoms with van der Waals surface area (Å²) >= 11 is 5.08. The van der Waals surface area contributed by atoms with Gasteiger partial charge in [0.25, 0.3) is 5.91 Å². The van der Waals surface area contributed by atoms with E-state index in [2.05, 4.69) is 16.0 Å². The Kier molecular flexibility index (Phi) is 11.4. The lowest BCUT2D eigenvalue weighted by Crippen LogP contribution is -2.34. The molecule has 9 heteroatoms. The molecule has 0 radical (unpaired) electrons. The van der Waals surface area contributed by atoms with Crippen LogP contribution in [-0.2, 0) is 19.1 Å². The Morgan fingerprint density at radius 2 is 1.79 bits per heavy atom. The molecule has 1 aromatic rings. The standard InChI is InChI=1S/C19H27N3O5S/c1-3-12-27-17(24)10-9-16(23)22-19(28)21-15-7-5-14(6-8-15)18(25)20-11-4-13-26-2/h5-8H,3-4,9-13H2,1-2H3,(H,20,25)(H2,21,22,23,28). The number of hydrogen-bond donors (Lipinski definition) is 3. The second-order valence-electron chi connectivity index (χ2n) is 5.90. The highest BCUT2D eigenvalue weighted by Gasteiger charge is 2.10. The van der Waals surface area contributed by atoms with Gasteiger partial charge in [0, 0.05) is 37.9 Å². The van der Waals surface area contributed by atoms with E-state index in [1.807, 2.05) is 6.92 Å². The lowest BCUT2D eigenvalue weighted by molar-refractivity contribution is -0.144. The molecule has 8 nitrogen and oxygen atoms in total. The Morgan fingerprint density at radius 3 is 2.43 bits per heavy atom. The predicted molar refractivity (Wildman–Crippen MR) is 110 cm³/mol. The van der Waals surface area contributed by atoms with Crippen LogP contribution in [0.25, 0.3) is 0 Å². The van der Waals surface area contributed by atoms with E-state index in [4.69, 9.17) is 21.7 Å². The average molecular weight is 410 g/mol. The van der Waals surface area contributed by atoms with Gasteiger partial charge in [0.15, 0.2) is 5.11 Å². The lowest BCUT2D eigenvalue weighted by atomic mass is 10.2. The Hall–Kier alpha value is -2.52. The fraction of sp³-hybridized carbons (Fsp3) is 0.474. The van der Waals surface area contributed by atoms with Gasteiger partial charge in [0.2, 0.25) is 5.91 Å². The largest absolute Gasteiger partial charge is 0.466 e. The molecule has 3 N–H and O–H groups in total. The zero-order valence-electron chi connectivity index (χ0n) is 16.2. The first-order valence-corrected chi connectivity index (χ1v) is 9.50. The predicted octanol–water partition coefficient (Wildman–Crippen LogP) is 2.00. The van der Waals surface area contributed by atoms with Crippen molar-refractivity contribution in [3.63, 3.8) is 0 Å². The monoisotopic (exact) mass is 409 g/mol. The maximum absolute atomic E-state index is 12.0. The van der Waals surface area contributed by atoms with Gasteiger partial charge in [-0.2, -0.15) is 0 Å². The second kappa shape index (κ2) is 13.6. The van der Waals surface area contributed by atoms with Crippen LogP contribution in [0.3, 0.4) is 0 Å². The Morgan fingerprint density at radius 1 is 1.07 bits per heavy atom. The van der Waals surface area contributed by atoms with Crippen molar-refractivity contribution in [2.24, 2.45) is 0 Å². The van der Waals surface area contributed by atoms with Crippen molar-refractivity contribution in [1.82, 2.24) is 10.6 Å². The molecular formula is C19H27N3O5S. The number of methoxy groups -OCH3 is 1. The minimum absolute atomic E-state index is 0.00262. The minimum Gasteiger partial charge on any atom is -0.466 e. The van der Waals surface area contributed by atoms with Crippen LogP contribution in [0.2, 0.25) is 0 Å². The van der Waals surface area contributed by atoms with Gasteiger partial charge < -0.3 is 25.4 Å². The SMILES string of the molecule is CCCOC(=O)CCC(=O)NC(=S)Nc1ccc(C(=O)NCCCOC)cc1. The van der Waals surface area contributed by atoms with Crippen molar-refractivity contribution in [2.75, 3.05) is 32.2 Å². The summed E-state index contributed by atoms with van der Waals surface area (Å²) in [6, 6.07) is 6.68. The number of carbonyl (C=O) groups is 3. The molecule has 0 heterocycles. The summed E-state index contributed by atoms with van der Waals surface area (Å²) in [5.41, 5.74) is 1.15. The number of nitrogens with one attached hydrogen (secondary N) is 3. The molecule has 0 unspecified atom stereocenters. The van der Waals surface area contributed by atoms with Crippen molar-refractivity contribution in [2.45, 2.75) is 32.6 Å². The van der Waals surface area contributed by atoms with Crippen LogP contribution in [-0.4, -0.2) is 49.8 Å². The highest BCUT2D eigenvalue weighted by Crippen LogP contribution is 2.09. The normalized spacial score (nSPS) is 10.1. The first kappa shape index (κ1) is 23.5. The third-order valence-electron chi connectivity index (χ3n) is 3.49. The summed E-state index contributed by atoms with van der Waals surface area (Å²) in [4.78, 5) is 35.2. The van der Waals surface area contributed by atoms with E-state index in [9.17, 15) is 14.4 Å². The molecule has 0 aromatic heterocycles. The van der Waals surface area contributed by atoms with E-state index >= 15 is 0 Å². The number of esters is 1. The second-order valence-corrected chi connectivity index (χ2v) is 6.31. The molecule has 0 fully saturated rings. The number of amides is 2. The summed E-state index contributed by atoms with van der Waals surface area (Å²) < 4.78 is 9.83. The van der Waals surface area contributed by atoms with Crippen LogP contribution in [0.1, 0.15) is 43.0 Å². The molecule has 0 spiro atoms. The zero-order valence-corrected chi connectivity index (χ0v) is 17.0. The third kappa shape index (κ3) is 9.98. The molecule has 0 aliphatic heterocycles. The Balaban J connectivity index is 2.36. The number of benzene rings is 1. The molecule has 0 bridgehead atoms. The highest BCUT2D eigenvalue weighted by atomic mass is 32.1. The van der Waals surface area contributed by atoms with Gasteiger partial charge in [-0.25, -0.2) is 0 Å². The number of anilines is 1. The fourth-order valence-electron chi connectivity index (χ4n) is 2.08. The van der Waals surface area contributed by atoms with Crippen molar-refractivity contribution in [1.29, 1.82) is 0 Å². The number of ether oxygens (including phenoxy) is 2. The summed E-state index contributed by atoms with van der Waals surface area (Å²) in [7, 11) is 1.61. The number of carbonyl (C=O) groups excluding carboxylic acids is 3. The van der Waals surface area contributed by atoms with Crippen LogP contribution >= 0.6 is 12.2 Å². The van der Waals surface area contributed by atoms with E-state index in [1.165, 1.54) is 0 Å². The first-order chi connectivity index (χ1) is 13.5. The number of thiocarbonyl (C=S) groups is 1. The Labute approximate surface area is 170 Å². The highest BCUT2D eigenvalue weighted by molar-refractivity contribution is 7.80. The van der Waals surface area contributed by atoms with Crippen LogP contribution < -0.4 is 16.0 Å². The van der Waals surface area contributed by atoms with E-state index in [1.54, 1.807) is 31.4 Å². The van der Waals surface area contributed by atoms with Crippen molar-refractivity contribution < 1.29 is 23.9 Å². The summed E-state index contributed by atoms with van der Waals surface area (Å²) in [5.74, 6) is -0.960. The summed E-state index contributed by atoms with van der Waals surface area (Å²) in [6.45, 7) is 3.37. The first-order valence-electron chi connectivity index (χ1n) is 9.10. The maximum atomic E-state index is 12.0.